The summed E-state index contributed by atoms with van der Waals surface area (Å²) in [5.74, 6) is 0. The first-order valence-electron chi connectivity index (χ1n) is 10.3. The van der Waals surface area contributed by atoms with E-state index >= 15 is 0 Å². The van der Waals surface area contributed by atoms with E-state index < -0.39 is 23.2 Å². The van der Waals surface area contributed by atoms with E-state index in [0.717, 1.165) is 7.25 Å². The smallest absolute Gasteiger partial charge is 1.00 e. The average molecular weight is 503 g/mol. The maximum Gasteiger partial charge on any atom is -1.00 e. The first-order valence-corrected chi connectivity index (χ1v) is 13.1. The number of hydrogen-bond acceptors (Lipinski definition) is 0. The van der Waals surface area contributed by atoms with Gasteiger partial charge in [0, 0.05) is 0 Å². The van der Waals surface area contributed by atoms with E-state index in [4.69, 9.17) is 0 Å². The molecule has 2 aromatic rings. The van der Waals surface area contributed by atoms with Gasteiger partial charge in [0.2, 0.25) is 0 Å². The SMILES string of the molecule is CC1=C2CCC3=C(C)[CH]([Zr+2][CH]1c1c(C)ccc(C)c12)c1c(C)ccc(C)c13.[Cl-].[Cl-]. The molecular weight excluding hydrogens is 474 g/mol. The minimum Gasteiger partial charge on any atom is -1.00 e. The fourth-order valence-corrected chi connectivity index (χ4v) is 11.4. The van der Waals surface area contributed by atoms with E-state index in [1.807, 2.05) is 0 Å². The molecule has 3 aliphatic rings. The van der Waals surface area contributed by atoms with Crippen LogP contribution in [-0.4, -0.2) is 0 Å². The van der Waals surface area contributed by atoms with Gasteiger partial charge in [-0.25, -0.2) is 0 Å². The Balaban J connectivity index is 0.00000120. The molecule has 2 aromatic carbocycles. The predicted molar refractivity (Wildman–Crippen MR) is 112 cm³/mol. The molecule has 2 unspecified atom stereocenters. The molecule has 3 heteroatoms. The second-order valence-corrected chi connectivity index (χ2v) is 12.5. The molecule has 4 bridgehead atoms. The van der Waals surface area contributed by atoms with Crippen molar-refractivity contribution in [2.24, 2.45) is 0 Å². The van der Waals surface area contributed by atoms with Crippen molar-refractivity contribution in [2.45, 2.75) is 61.6 Å². The van der Waals surface area contributed by atoms with Crippen molar-refractivity contribution in [1.29, 1.82) is 0 Å². The Kier molecular flexibility index (Phi) is 6.47. The zero-order valence-electron chi connectivity index (χ0n) is 18.1. The Morgan fingerprint density at radius 1 is 0.586 bits per heavy atom. The molecular formula is C26H28Cl2Zr. The van der Waals surface area contributed by atoms with Crippen LogP contribution >= 0.6 is 0 Å². The third kappa shape index (κ3) is 3.19. The van der Waals surface area contributed by atoms with Crippen LogP contribution in [0, 0.1) is 27.7 Å². The van der Waals surface area contributed by atoms with E-state index in [1.165, 1.54) is 35.1 Å². The zero-order valence-corrected chi connectivity index (χ0v) is 22.1. The Labute approximate surface area is 199 Å². The van der Waals surface area contributed by atoms with Gasteiger partial charge >= 0.3 is 176 Å². The van der Waals surface area contributed by atoms with Crippen LogP contribution < -0.4 is 24.8 Å². The first kappa shape index (κ1) is 23.1. The zero-order chi connectivity index (χ0) is 19.0. The molecule has 1 aliphatic heterocycles. The number of allylic oxidation sites excluding steroid dienone is 4. The van der Waals surface area contributed by atoms with E-state index in [-0.39, 0.29) is 24.8 Å². The molecule has 0 fully saturated rings. The molecule has 29 heavy (non-hydrogen) atoms. The molecule has 1 heterocycles. The molecule has 0 aromatic heterocycles. The normalized spacial score (nSPS) is 21.0. The van der Waals surface area contributed by atoms with Crippen LogP contribution in [-0.2, 0) is 23.2 Å². The molecule has 0 radical (unpaired) electrons. The van der Waals surface area contributed by atoms with Crippen molar-refractivity contribution in [2.75, 3.05) is 0 Å². The van der Waals surface area contributed by atoms with E-state index in [9.17, 15) is 0 Å². The summed E-state index contributed by atoms with van der Waals surface area (Å²) in [6, 6.07) is 9.44. The monoisotopic (exact) mass is 500 g/mol. The second-order valence-electron chi connectivity index (χ2n) is 8.83. The summed E-state index contributed by atoms with van der Waals surface area (Å²) in [4.78, 5) is 0. The van der Waals surface area contributed by atoms with Crippen molar-refractivity contribution in [3.8, 4) is 0 Å². The van der Waals surface area contributed by atoms with Gasteiger partial charge in [0.05, 0.1) is 0 Å². The molecule has 2 aliphatic carbocycles. The predicted octanol–water partition coefficient (Wildman–Crippen LogP) is 1.16. The van der Waals surface area contributed by atoms with Crippen LogP contribution in [0.1, 0.15) is 78.4 Å². The Bertz CT molecular complexity index is 989. The molecule has 5 rings (SSSR count). The van der Waals surface area contributed by atoms with Crippen molar-refractivity contribution < 1.29 is 48.0 Å². The van der Waals surface area contributed by atoms with Crippen LogP contribution in [0.5, 0.6) is 0 Å². The van der Waals surface area contributed by atoms with Crippen LogP contribution in [0.25, 0.3) is 11.1 Å². The molecule has 0 amide bonds. The first-order chi connectivity index (χ1) is 12.9. The summed E-state index contributed by atoms with van der Waals surface area (Å²) in [6.45, 7) is 14.3. The summed E-state index contributed by atoms with van der Waals surface area (Å²) < 4.78 is 1.51. The van der Waals surface area contributed by atoms with Crippen molar-refractivity contribution in [3.63, 3.8) is 0 Å². The van der Waals surface area contributed by atoms with Gasteiger partial charge in [0.1, 0.15) is 0 Å². The summed E-state index contributed by atoms with van der Waals surface area (Å²) in [6.07, 6.45) is 2.43. The fraction of sp³-hybridized carbons (Fsp3) is 0.385. The standard InChI is InChI=1S/C26H28.2ClH.Zr/c1-15-7-9-17(3)25-21(19(5)13-23(15)25)11-12-22-20(6)14-24-16(2)8-10-18(4)26(22)24;;;/h7-10,13-14H,11-12H2,1-6H3;2*1H;/q;;;+2/p-2. The van der Waals surface area contributed by atoms with Gasteiger partial charge in [0.15, 0.2) is 0 Å². The van der Waals surface area contributed by atoms with Gasteiger partial charge in [-0.05, 0) is 0 Å². The van der Waals surface area contributed by atoms with Crippen molar-refractivity contribution in [1.82, 2.24) is 0 Å². The third-order valence-electron chi connectivity index (χ3n) is 7.30. The topological polar surface area (TPSA) is 0 Å². The molecule has 150 valence electrons. The second kappa shape index (κ2) is 8.14. The largest absolute Gasteiger partial charge is 1.00 e. The molecule has 0 saturated heterocycles. The number of rotatable bonds is 0. The average Bonchev–Trinajstić information content (AvgIpc) is 3.08. The third-order valence-corrected chi connectivity index (χ3v) is 12.5. The van der Waals surface area contributed by atoms with E-state index in [2.05, 4.69) is 65.8 Å². The number of aryl methyl sites for hydroxylation is 4. The number of halogens is 2. The number of fused-ring (bicyclic) bond motifs is 8. The maximum atomic E-state index is 2.46. The molecule has 2 atom stereocenters. The van der Waals surface area contributed by atoms with Crippen LogP contribution in [0.15, 0.2) is 35.4 Å². The molecule has 0 N–H and O–H groups in total. The Morgan fingerprint density at radius 2 is 0.931 bits per heavy atom. The van der Waals surface area contributed by atoms with E-state index in [0.29, 0.717) is 0 Å². The number of benzene rings is 2. The summed E-state index contributed by atoms with van der Waals surface area (Å²) in [5, 5.41) is 0. The van der Waals surface area contributed by atoms with Crippen LogP contribution in [0.4, 0.5) is 0 Å². The summed E-state index contributed by atoms with van der Waals surface area (Å²) >= 11 is -0.720. The number of hydrogen-bond donors (Lipinski definition) is 0. The van der Waals surface area contributed by atoms with Gasteiger partial charge in [-0.2, -0.15) is 0 Å². The van der Waals surface area contributed by atoms with E-state index in [1.54, 1.807) is 44.5 Å². The van der Waals surface area contributed by atoms with Gasteiger partial charge in [0.25, 0.3) is 0 Å². The summed E-state index contributed by atoms with van der Waals surface area (Å²) in [5.41, 5.74) is 19.6. The molecule has 0 saturated carbocycles. The van der Waals surface area contributed by atoms with Gasteiger partial charge in [-0.15, -0.1) is 0 Å². The van der Waals surface area contributed by atoms with Gasteiger partial charge in [-0.1, -0.05) is 0 Å². The van der Waals surface area contributed by atoms with Gasteiger partial charge < -0.3 is 24.8 Å². The van der Waals surface area contributed by atoms with Crippen molar-refractivity contribution in [3.05, 3.63) is 79.9 Å². The fourth-order valence-electron chi connectivity index (χ4n) is 5.86. The molecule has 0 spiro atoms. The quantitative estimate of drug-likeness (QED) is 0.508. The van der Waals surface area contributed by atoms with Crippen molar-refractivity contribution >= 4 is 11.1 Å². The van der Waals surface area contributed by atoms with Gasteiger partial charge in [-0.3, -0.25) is 0 Å². The minimum absolute atomic E-state index is 0. The summed E-state index contributed by atoms with van der Waals surface area (Å²) in [7, 11) is 0. The Hall–Kier alpha value is -0.617. The van der Waals surface area contributed by atoms with Crippen LogP contribution in [0.3, 0.4) is 0 Å². The Morgan fingerprint density at radius 3 is 1.31 bits per heavy atom. The maximum absolute atomic E-state index is 2.46. The minimum atomic E-state index is -0.720. The van der Waals surface area contributed by atoms with Crippen LogP contribution in [0.2, 0.25) is 0 Å². The molecule has 0 nitrogen and oxygen atoms in total.